The standard InChI is InChI=1S/C54H30N2O2S2/c55-27-36-14-13-35-24-43(40-8-2-6-32-17-18-38(36)52(35)51(32)40)44-26-45-46(56-29-59)21-20-42-47(25-34-7-3-9-41(44)53(34)54(42)45)60-23-22-48(57)58-28-37-15-12-33-11-10-30-4-1-5-31-16-19-39(37)50(33)49(30)31/h1-21,24-26H,22-23,28H2. The van der Waals surface area contributed by atoms with Crippen LogP contribution >= 0.6 is 24.0 Å². The summed E-state index contributed by atoms with van der Waals surface area (Å²) in [6.07, 6.45) is 0.282. The predicted molar refractivity (Wildman–Crippen MR) is 254 cm³/mol. The molecule has 0 aliphatic carbocycles. The van der Waals surface area contributed by atoms with Gasteiger partial charge in [-0.2, -0.15) is 10.3 Å². The van der Waals surface area contributed by atoms with E-state index in [0.29, 0.717) is 11.3 Å². The van der Waals surface area contributed by atoms with Gasteiger partial charge in [0.05, 0.1) is 28.9 Å². The number of rotatable bonds is 8. The molecule has 0 spiro atoms. The van der Waals surface area contributed by atoms with Crippen molar-refractivity contribution in [2.24, 2.45) is 4.99 Å². The first kappa shape index (κ1) is 34.9. The molecule has 0 heterocycles. The van der Waals surface area contributed by atoms with Crippen LogP contribution in [0.1, 0.15) is 17.5 Å². The number of hydrogen-bond donors (Lipinski definition) is 0. The molecule has 60 heavy (non-hydrogen) atoms. The Bertz CT molecular complexity index is 3840. The summed E-state index contributed by atoms with van der Waals surface area (Å²) >= 11 is 6.84. The lowest BCUT2D eigenvalue weighted by Gasteiger charge is -2.20. The van der Waals surface area contributed by atoms with Crippen LogP contribution < -0.4 is 0 Å². The number of carbonyl (C=O) groups excluding carboxylic acids is 1. The minimum Gasteiger partial charge on any atom is -0.461 e. The van der Waals surface area contributed by atoms with Crippen LogP contribution in [0.4, 0.5) is 5.69 Å². The SMILES string of the molecule is N#Cc1ccc2cc(-c3cc4c(N=C=S)ccc5c(SCCC(=O)OCc6ccc7ccc8cccc9ccc6c7c89)cc6cccc3c6c45)c3cccc4ccc1c2c43. The first-order valence-electron chi connectivity index (χ1n) is 19.9. The molecule has 12 aromatic rings. The maximum Gasteiger partial charge on any atom is 0.306 e. The fourth-order valence-electron chi connectivity index (χ4n) is 9.90. The molecule has 0 bridgehead atoms. The van der Waals surface area contributed by atoms with E-state index in [4.69, 9.17) is 17.0 Å². The highest BCUT2D eigenvalue weighted by atomic mass is 32.2. The number of thioether (sulfide) groups is 1. The maximum atomic E-state index is 13.3. The minimum absolute atomic E-state index is 0.218. The first-order valence-corrected chi connectivity index (χ1v) is 21.3. The third-order valence-electron chi connectivity index (χ3n) is 12.5. The number of thiocarbonyl (C=S) groups is 1. The van der Waals surface area contributed by atoms with E-state index in [2.05, 4.69) is 150 Å². The number of nitrogens with zero attached hydrogens (tertiary/aromatic N) is 2. The van der Waals surface area contributed by atoms with E-state index in [1.807, 2.05) is 12.1 Å². The van der Waals surface area contributed by atoms with Crippen LogP contribution in [0.5, 0.6) is 0 Å². The number of ether oxygens (including phenoxy) is 1. The Morgan fingerprint density at radius 1 is 0.567 bits per heavy atom. The number of nitriles is 1. The van der Waals surface area contributed by atoms with Gasteiger partial charge in [-0.1, -0.05) is 115 Å². The van der Waals surface area contributed by atoms with Gasteiger partial charge in [0, 0.05) is 26.8 Å². The van der Waals surface area contributed by atoms with Crippen molar-refractivity contribution in [1.29, 1.82) is 5.26 Å². The fourth-order valence-corrected chi connectivity index (χ4v) is 11.0. The smallest absolute Gasteiger partial charge is 0.306 e. The number of hydrogen-bond acceptors (Lipinski definition) is 6. The van der Waals surface area contributed by atoms with Gasteiger partial charge < -0.3 is 4.74 Å². The molecule has 12 rings (SSSR count). The molecule has 6 heteroatoms. The highest BCUT2D eigenvalue weighted by Gasteiger charge is 2.22. The van der Waals surface area contributed by atoms with Gasteiger partial charge in [-0.05, 0) is 140 Å². The van der Waals surface area contributed by atoms with Gasteiger partial charge in [-0.25, -0.2) is 0 Å². The molecule has 0 aliphatic heterocycles. The molecular formula is C54H30N2O2S2. The summed E-state index contributed by atoms with van der Waals surface area (Å²) in [5.41, 5.74) is 4.68. The molecular weight excluding hydrogens is 773 g/mol. The summed E-state index contributed by atoms with van der Waals surface area (Å²) in [7, 11) is 0. The van der Waals surface area contributed by atoms with Crippen LogP contribution in [0.25, 0.3) is 108 Å². The third-order valence-corrected chi connectivity index (χ3v) is 13.6. The lowest BCUT2D eigenvalue weighted by Crippen LogP contribution is -2.06. The molecule has 4 nitrogen and oxygen atoms in total. The van der Waals surface area contributed by atoms with Crippen LogP contribution in [0, 0.1) is 11.3 Å². The van der Waals surface area contributed by atoms with E-state index in [1.54, 1.807) is 11.8 Å². The van der Waals surface area contributed by atoms with Crippen LogP contribution in [0.15, 0.2) is 155 Å². The monoisotopic (exact) mass is 802 g/mol. The van der Waals surface area contributed by atoms with Gasteiger partial charge in [-0.15, -0.1) is 11.8 Å². The van der Waals surface area contributed by atoms with Crippen molar-refractivity contribution in [1.82, 2.24) is 0 Å². The zero-order valence-electron chi connectivity index (χ0n) is 32.0. The molecule has 0 aromatic heterocycles. The van der Waals surface area contributed by atoms with E-state index >= 15 is 0 Å². The van der Waals surface area contributed by atoms with Gasteiger partial charge in [0.2, 0.25) is 0 Å². The molecule has 0 aliphatic rings. The Kier molecular flexibility index (Phi) is 7.82. The Balaban J connectivity index is 0.906. The molecule has 0 radical (unpaired) electrons. The van der Waals surface area contributed by atoms with Crippen LogP contribution in [0.2, 0.25) is 0 Å². The summed E-state index contributed by atoms with van der Waals surface area (Å²) in [5, 5.41) is 33.1. The Labute approximate surface area is 353 Å². The van der Waals surface area contributed by atoms with Gasteiger partial charge in [0.15, 0.2) is 0 Å². The molecule has 0 saturated carbocycles. The predicted octanol–water partition coefficient (Wildman–Crippen LogP) is 14.9. The van der Waals surface area contributed by atoms with Gasteiger partial charge in [-0.3, -0.25) is 4.79 Å². The highest BCUT2D eigenvalue weighted by Crippen LogP contribution is 2.49. The van der Waals surface area contributed by atoms with Crippen molar-refractivity contribution in [2.45, 2.75) is 17.9 Å². The second-order valence-corrected chi connectivity index (χ2v) is 16.9. The minimum atomic E-state index is -0.218. The van der Waals surface area contributed by atoms with Crippen molar-refractivity contribution < 1.29 is 9.53 Å². The molecule has 0 fully saturated rings. The average Bonchev–Trinajstić information content (AvgIpc) is 3.29. The van der Waals surface area contributed by atoms with Crippen molar-refractivity contribution in [3.8, 4) is 17.2 Å². The van der Waals surface area contributed by atoms with Crippen molar-refractivity contribution in [3.63, 3.8) is 0 Å². The molecule has 12 aromatic carbocycles. The number of benzene rings is 12. The zero-order valence-corrected chi connectivity index (χ0v) is 33.6. The third kappa shape index (κ3) is 5.14. The Morgan fingerprint density at radius 3 is 1.93 bits per heavy atom. The molecule has 0 unspecified atom stereocenters. The Morgan fingerprint density at radius 2 is 1.15 bits per heavy atom. The number of esters is 1. The lowest BCUT2D eigenvalue weighted by molar-refractivity contribution is -0.144. The number of isothiocyanates is 1. The van der Waals surface area contributed by atoms with Crippen LogP contribution in [-0.4, -0.2) is 16.9 Å². The summed E-state index contributed by atoms with van der Waals surface area (Å²) in [4.78, 5) is 19.0. The second kappa shape index (κ2) is 13.5. The van der Waals surface area contributed by atoms with E-state index in [1.165, 1.54) is 26.9 Å². The second-order valence-electron chi connectivity index (χ2n) is 15.6. The van der Waals surface area contributed by atoms with Crippen molar-refractivity contribution in [2.75, 3.05) is 5.75 Å². The molecule has 0 atom stereocenters. The zero-order chi connectivity index (χ0) is 40.1. The van der Waals surface area contributed by atoms with Gasteiger partial charge in [0.1, 0.15) is 6.61 Å². The summed E-state index contributed by atoms with van der Waals surface area (Å²) in [6, 6.07) is 53.8. The fraction of sp³-hybridized carbons (Fsp3) is 0.0556. The number of carbonyl (C=O) groups is 1. The molecule has 0 saturated heterocycles. The van der Waals surface area contributed by atoms with Crippen molar-refractivity contribution >= 4 is 138 Å². The van der Waals surface area contributed by atoms with Crippen molar-refractivity contribution in [3.05, 3.63) is 157 Å². The average molecular weight is 803 g/mol. The van der Waals surface area contributed by atoms with Crippen LogP contribution in [-0.2, 0) is 16.1 Å². The van der Waals surface area contributed by atoms with E-state index in [-0.39, 0.29) is 19.0 Å². The summed E-state index contributed by atoms with van der Waals surface area (Å²) in [5.74, 6) is 0.355. The summed E-state index contributed by atoms with van der Waals surface area (Å²) < 4.78 is 5.93. The van der Waals surface area contributed by atoms with E-state index in [9.17, 15) is 10.1 Å². The number of aliphatic imine (C=N–C) groups is 1. The van der Waals surface area contributed by atoms with Crippen LogP contribution in [0.3, 0.4) is 0 Å². The topological polar surface area (TPSA) is 62.5 Å². The Hall–Kier alpha value is -7.13. The normalized spacial score (nSPS) is 12.0. The molecule has 0 N–H and O–H groups in total. The van der Waals surface area contributed by atoms with Gasteiger partial charge >= 0.3 is 5.97 Å². The van der Waals surface area contributed by atoms with E-state index < -0.39 is 0 Å². The molecule has 0 amide bonds. The first-order chi connectivity index (χ1) is 29.6. The highest BCUT2D eigenvalue weighted by molar-refractivity contribution is 7.99. The molecule has 280 valence electrons. The largest absolute Gasteiger partial charge is 0.461 e. The quantitative estimate of drug-likeness (QED) is 0.0503. The lowest BCUT2D eigenvalue weighted by atomic mass is 9.84. The summed E-state index contributed by atoms with van der Waals surface area (Å²) in [6.45, 7) is 0.229. The van der Waals surface area contributed by atoms with E-state index in [0.717, 1.165) is 97.3 Å². The van der Waals surface area contributed by atoms with Gasteiger partial charge in [0.25, 0.3) is 0 Å². The maximum absolute atomic E-state index is 13.3.